The maximum absolute atomic E-state index is 11.1. The van der Waals surface area contributed by atoms with Crippen LogP contribution in [0.5, 0.6) is 5.75 Å². The molecule has 0 fully saturated rings. The molecule has 0 amide bonds. The minimum atomic E-state index is -0.0936. The Balaban J connectivity index is 1.94. The molecule has 1 unspecified atom stereocenters. The topological polar surface area (TPSA) is 24.7 Å². The first kappa shape index (κ1) is 21.4. The van der Waals surface area contributed by atoms with Gasteiger partial charge in [-0.2, -0.15) is 0 Å². The van der Waals surface area contributed by atoms with Crippen LogP contribution in [-0.4, -0.2) is 12.2 Å². The molecule has 0 spiro atoms. The molecule has 0 aliphatic rings. The van der Waals surface area contributed by atoms with Gasteiger partial charge in [-0.3, -0.25) is 0 Å². The first-order chi connectivity index (χ1) is 13.5. The van der Waals surface area contributed by atoms with Crippen molar-refractivity contribution in [1.29, 1.82) is 0 Å². The summed E-state index contributed by atoms with van der Waals surface area (Å²) in [6, 6.07) is 19.5. The number of phenols is 1. The molecule has 0 saturated heterocycles. The monoisotopic (exact) mass is 390 g/mol. The van der Waals surface area contributed by atoms with E-state index in [2.05, 4.69) is 103 Å². The molecule has 3 aromatic rings. The van der Waals surface area contributed by atoms with Crippen molar-refractivity contribution in [3.8, 4) is 5.75 Å². The van der Waals surface area contributed by atoms with Crippen LogP contribution in [0.4, 0.5) is 0 Å². The number of phenolic OH excluding ortho intramolecular Hbond substituents is 1. The third kappa shape index (κ3) is 4.82. The third-order valence-corrected chi connectivity index (χ3v) is 5.73. The molecule has 0 heterocycles. The van der Waals surface area contributed by atoms with Crippen LogP contribution >= 0.6 is 0 Å². The first-order valence-electron chi connectivity index (χ1n) is 10.6. The number of hydrogen-bond acceptors (Lipinski definition) is 1. The summed E-state index contributed by atoms with van der Waals surface area (Å²) in [7, 11) is 2.21. The van der Waals surface area contributed by atoms with E-state index in [1.54, 1.807) is 0 Å². The fourth-order valence-corrected chi connectivity index (χ4v) is 3.99. The summed E-state index contributed by atoms with van der Waals surface area (Å²) in [5.74, 6) is 0.461. The average Bonchev–Trinajstić information content (AvgIpc) is 2.61. The highest BCUT2D eigenvalue weighted by Gasteiger charge is 2.26. The average molecular weight is 391 g/mol. The van der Waals surface area contributed by atoms with Gasteiger partial charge < -0.3 is 10.0 Å². The Hall–Kier alpha value is -2.32. The lowest BCUT2D eigenvalue weighted by molar-refractivity contribution is -0.907. The zero-order chi connectivity index (χ0) is 21.4. The van der Waals surface area contributed by atoms with E-state index >= 15 is 0 Å². The van der Waals surface area contributed by atoms with Gasteiger partial charge in [-0.25, -0.2) is 0 Å². The van der Waals surface area contributed by atoms with Crippen molar-refractivity contribution in [3.63, 3.8) is 0 Å². The van der Waals surface area contributed by atoms with E-state index in [-0.39, 0.29) is 10.8 Å². The van der Waals surface area contributed by atoms with E-state index in [4.69, 9.17) is 0 Å². The Morgan fingerprint density at radius 2 is 1.38 bits per heavy atom. The van der Waals surface area contributed by atoms with E-state index in [0.29, 0.717) is 5.75 Å². The van der Waals surface area contributed by atoms with Gasteiger partial charge in [0, 0.05) is 16.7 Å². The summed E-state index contributed by atoms with van der Waals surface area (Å²) >= 11 is 0. The number of aromatic hydroxyl groups is 1. The molecule has 0 aromatic heterocycles. The van der Waals surface area contributed by atoms with Gasteiger partial charge in [0.1, 0.15) is 18.8 Å². The normalized spacial score (nSPS) is 13.6. The van der Waals surface area contributed by atoms with Gasteiger partial charge in [0.2, 0.25) is 0 Å². The van der Waals surface area contributed by atoms with Crippen molar-refractivity contribution in [2.24, 2.45) is 0 Å². The SMILES string of the molecule is C[NH+](Cc1cc(C(C)(C)C)cc(C(C)(C)C)c1O)Cc1cccc2ccccc12. The molecule has 3 aromatic carbocycles. The number of benzene rings is 3. The fraction of sp³-hybridized carbons (Fsp3) is 0.407. The van der Waals surface area contributed by atoms with Crippen molar-refractivity contribution < 1.29 is 10.0 Å². The molecule has 0 aliphatic carbocycles. The molecular formula is C27H36NO+. The standard InChI is InChI=1S/C27H35NO/c1-26(2,3)22-15-21(25(29)24(16-22)27(4,5)6)18-28(7)17-20-13-10-12-19-11-8-9-14-23(19)20/h8-16,29H,17-18H2,1-7H3/p+1. The lowest BCUT2D eigenvalue weighted by Gasteiger charge is -2.28. The number of hydrogen-bond donors (Lipinski definition) is 2. The van der Waals surface area contributed by atoms with Crippen LogP contribution in [0.1, 0.15) is 63.8 Å². The van der Waals surface area contributed by atoms with Crippen LogP contribution in [0, 0.1) is 0 Å². The zero-order valence-electron chi connectivity index (χ0n) is 19.1. The number of fused-ring (bicyclic) bond motifs is 1. The van der Waals surface area contributed by atoms with E-state index < -0.39 is 0 Å². The molecule has 0 aliphatic heterocycles. The maximum atomic E-state index is 11.1. The molecule has 2 nitrogen and oxygen atoms in total. The molecule has 0 saturated carbocycles. The Kier molecular flexibility index (Phi) is 5.78. The van der Waals surface area contributed by atoms with Crippen molar-refractivity contribution in [1.82, 2.24) is 0 Å². The van der Waals surface area contributed by atoms with Gasteiger partial charge >= 0.3 is 0 Å². The Labute approximate surface area is 176 Å². The number of quaternary nitrogens is 1. The molecule has 2 N–H and O–H groups in total. The second-order valence-corrected chi connectivity index (χ2v) is 10.5. The van der Waals surface area contributed by atoms with Gasteiger partial charge in [0.05, 0.1) is 7.05 Å². The molecule has 154 valence electrons. The van der Waals surface area contributed by atoms with E-state index in [0.717, 1.165) is 24.2 Å². The predicted molar refractivity (Wildman–Crippen MR) is 124 cm³/mol. The lowest BCUT2D eigenvalue weighted by atomic mass is 9.79. The summed E-state index contributed by atoms with van der Waals surface area (Å²) < 4.78 is 0. The maximum Gasteiger partial charge on any atom is 0.128 e. The van der Waals surface area contributed by atoms with Gasteiger partial charge in [-0.1, -0.05) is 90.1 Å². The van der Waals surface area contributed by atoms with Crippen LogP contribution in [0.3, 0.4) is 0 Å². The van der Waals surface area contributed by atoms with E-state index in [1.807, 2.05) is 0 Å². The lowest BCUT2D eigenvalue weighted by Crippen LogP contribution is -3.06. The second kappa shape index (κ2) is 7.84. The highest BCUT2D eigenvalue weighted by Crippen LogP contribution is 2.37. The van der Waals surface area contributed by atoms with E-state index in [1.165, 1.54) is 26.8 Å². The van der Waals surface area contributed by atoms with Crippen molar-refractivity contribution >= 4 is 10.8 Å². The third-order valence-electron chi connectivity index (χ3n) is 5.73. The van der Waals surface area contributed by atoms with Crippen molar-refractivity contribution in [2.75, 3.05) is 7.05 Å². The second-order valence-electron chi connectivity index (χ2n) is 10.5. The van der Waals surface area contributed by atoms with Crippen LogP contribution in [0.25, 0.3) is 10.8 Å². The summed E-state index contributed by atoms with van der Waals surface area (Å²) in [6.45, 7) is 14.9. The molecular weight excluding hydrogens is 354 g/mol. The van der Waals surface area contributed by atoms with Crippen LogP contribution in [0.2, 0.25) is 0 Å². The summed E-state index contributed by atoms with van der Waals surface area (Å²) in [5, 5.41) is 13.7. The van der Waals surface area contributed by atoms with Crippen LogP contribution in [0.15, 0.2) is 54.6 Å². The van der Waals surface area contributed by atoms with Gasteiger partial charge in [-0.05, 0) is 33.2 Å². The Bertz CT molecular complexity index is 1000. The van der Waals surface area contributed by atoms with Gasteiger partial charge in [0.15, 0.2) is 0 Å². The first-order valence-corrected chi connectivity index (χ1v) is 10.6. The van der Waals surface area contributed by atoms with Crippen molar-refractivity contribution in [2.45, 2.75) is 65.5 Å². The van der Waals surface area contributed by atoms with Crippen molar-refractivity contribution in [3.05, 3.63) is 76.9 Å². The summed E-state index contributed by atoms with van der Waals surface area (Å²) in [6.07, 6.45) is 0. The van der Waals surface area contributed by atoms with Crippen LogP contribution < -0.4 is 4.90 Å². The quantitative estimate of drug-likeness (QED) is 0.616. The summed E-state index contributed by atoms with van der Waals surface area (Å²) in [5.41, 5.74) is 4.67. The molecule has 1 atom stereocenters. The largest absolute Gasteiger partial charge is 0.507 e. The minimum Gasteiger partial charge on any atom is -0.507 e. The van der Waals surface area contributed by atoms with Crippen LogP contribution in [-0.2, 0) is 23.9 Å². The zero-order valence-corrected chi connectivity index (χ0v) is 19.1. The summed E-state index contributed by atoms with van der Waals surface area (Å²) in [4.78, 5) is 1.36. The highest BCUT2D eigenvalue weighted by molar-refractivity contribution is 5.85. The van der Waals surface area contributed by atoms with E-state index in [9.17, 15) is 5.11 Å². The molecule has 3 rings (SSSR count). The smallest absolute Gasteiger partial charge is 0.128 e. The Morgan fingerprint density at radius 3 is 2.03 bits per heavy atom. The molecule has 2 heteroatoms. The fourth-order valence-electron chi connectivity index (χ4n) is 3.99. The number of nitrogens with one attached hydrogen (secondary N) is 1. The molecule has 0 radical (unpaired) electrons. The van der Waals surface area contributed by atoms with Gasteiger partial charge in [0.25, 0.3) is 0 Å². The molecule has 29 heavy (non-hydrogen) atoms. The Morgan fingerprint density at radius 1 is 0.759 bits per heavy atom. The predicted octanol–water partition coefficient (Wildman–Crippen LogP) is 5.36. The molecule has 0 bridgehead atoms. The van der Waals surface area contributed by atoms with Gasteiger partial charge in [-0.15, -0.1) is 0 Å². The minimum absolute atomic E-state index is 0.0476. The highest BCUT2D eigenvalue weighted by atomic mass is 16.3. The number of rotatable bonds is 4.